The standard InChI is InChI=1S/C24H34N6O3S/c1-26-22-21(23(31)27(2)24(26)32)30(18-25-22)12-4-10-28-13-15-29(16-14-28)11-5-17-34-20-8-6-19(33-3)7-9-20/h6-9,18H,4-5,10-17H2,1-3H3. The van der Waals surface area contributed by atoms with Gasteiger partial charge in [-0.15, -0.1) is 11.8 Å². The number of aryl methyl sites for hydroxylation is 2. The van der Waals surface area contributed by atoms with Crippen LogP contribution in [0, 0.1) is 0 Å². The fourth-order valence-corrected chi connectivity index (χ4v) is 5.26. The molecule has 9 nitrogen and oxygen atoms in total. The summed E-state index contributed by atoms with van der Waals surface area (Å²) in [5.74, 6) is 2.02. The maximum Gasteiger partial charge on any atom is 0.332 e. The highest BCUT2D eigenvalue weighted by atomic mass is 32.2. The number of ether oxygens (including phenoxy) is 1. The molecular formula is C24H34N6O3S. The fourth-order valence-electron chi connectivity index (χ4n) is 4.42. The van der Waals surface area contributed by atoms with E-state index in [1.54, 1.807) is 20.5 Å². The quantitative estimate of drug-likeness (QED) is 0.318. The Morgan fingerprint density at radius 2 is 1.56 bits per heavy atom. The van der Waals surface area contributed by atoms with Crippen LogP contribution >= 0.6 is 11.8 Å². The van der Waals surface area contributed by atoms with Crippen molar-refractivity contribution in [1.82, 2.24) is 28.5 Å². The molecule has 3 heterocycles. The molecule has 1 aliphatic rings. The van der Waals surface area contributed by atoms with Crippen LogP contribution in [0.2, 0.25) is 0 Å². The van der Waals surface area contributed by atoms with Crippen LogP contribution in [0.3, 0.4) is 0 Å². The van der Waals surface area contributed by atoms with Gasteiger partial charge >= 0.3 is 5.69 Å². The predicted molar refractivity (Wildman–Crippen MR) is 136 cm³/mol. The zero-order valence-electron chi connectivity index (χ0n) is 20.3. The van der Waals surface area contributed by atoms with E-state index in [2.05, 4.69) is 26.9 Å². The van der Waals surface area contributed by atoms with Crippen molar-refractivity contribution in [3.8, 4) is 5.75 Å². The summed E-state index contributed by atoms with van der Waals surface area (Å²) in [4.78, 5) is 35.3. The van der Waals surface area contributed by atoms with Gasteiger partial charge in [-0.25, -0.2) is 9.78 Å². The monoisotopic (exact) mass is 486 g/mol. The molecule has 1 aromatic carbocycles. The number of nitrogens with zero attached hydrogens (tertiary/aromatic N) is 6. The highest BCUT2D eigenvalue weighted by Gasteiger charge is 2.17. The van der Waals surface area contributed by atoms with Crippen LogP contribution in [0.5, 0.6) is 5.75 Å². The maximum atomic E-state index is 12.6. The Kier molecular flexibility index (Phi) is 8.12. The van der Waals surface area contributed by atoms with E-state index in [1.807, 2.05) is 28.5 Å². The second-order valence-corrected chi connectivity index (χ2v) is 9.90. The Bertz CT molecular complexity index is 1210. The smallest absolute Gasteiger partial charge is 0.332 e. The van der Waals surface area contributed by atoms with Crippen LogP contribution in [0.25, 0.3) is 11.2 Å². The molecule has 10 heteroatoms. The number of benzene rings is 1. The number of hydrogen-bond acceptors (Lipinski definition) is 7. The van der Waals surface area contributed by atoms with Gasteiger partial charge in [-0.05, 0) is 55.9 Å². The first-order valence-electron chi connectivity index (χ1n) is 11.8. The lowest BCUT2D eigenvalue weighted by Gasteiger charge is -2.34. The van der Waals surface area contributed by atoms with E-state index in [0.717, 1.165) is 61.8 Å². The molecule has 0 spiro atoms. The Balaban J connectivity index is 1.17. The van der Waals surface area contributed by atoms with Crippen LogP contribution in [0.1, 0.15) is 12.8 Å². The molecule has 1 aliphatic heterocycles. The molecule has 0 amide bonds. The summed E-state index contributed by atoms with van der Waals surface area (Å²) >= 11 is 1.90. The fraction of sp³-hybridized carbons (Fsp3) is 0.542. The minimum atomic E-state index is -0.347. The molecule has 0 bridgehead atoms. The van der Waals surface area contributed by atoms with Gasteiger partial charge in [0, 0.05) is 51.7 Å². The number of thioether (sulfide) groups is 1. The second-order valence-electron chi connectivity index (χ2n) is 8.73. The third-order valence-electron chi connectivity index (χ3n) is 6.50. The summed E-state index contributed by atoms with van der Waals surface area (Å²) in [7, 11) is 4.86. The van der Waals surface area contributed by atoms with Gasteiger partial charge in [0.25, 0.3) is 5.56 Å². The molecule has 4 rings (SSSR count). The zero-order valence-corrected chi connectivity index (χ0v) is 21.1. The van der Waals surface area contributed by atoms with E-state index in [-0.39, 0.29) is 11.2 Å². The lowest BCUT2D eigenvalue weighted by molar-refractivity contribution is 0.131. The third kappa shape index (κ3) is 5.56. The van der Waals surface area contributed by atoms with E-state index < -0.39 is 0 Å². The molecule has 1 fully saturated rings. The van der Waals surface area contributed by atoms with Crippen molar-refractivity contribution in [2.45, 2.75) is 24.3 Å². The lowest BCUT2D eigenvalue weighted by atomic mass is 10.2. The van der Waals surface area contributed by atoms with Crippen LogP contribution in [0.15, 0.2) is 45.1 Å². The first-order valence-corrected chi connectivity index (χ1v) is 12.8. The van der Waals surface area contributed by atoms with Gasteiger partial charge in [0.05, 0.1) is 13.4 Å². The van der Waals surface area contributed by atoms with Crippen molar-refractivity contribution in [2.24, 2.45) is 14.1 Å². The number of hydrogen-bond donors (Lipinski definition) is 0. The molecule has 34 heavy (non-hydrogen) atoms. The van der Waals surface area contributed by atoms with Gasteiger partial charge in [-0.3, -0.25) is 13.9 Å². The highest BCUT2D eigenvalue weighted by Crippen LogP contribution is 2.22. The van der Waals surface area contributed by atoms with Gasteiger partial charge in [0.15, 0.2) is 11.2 Å². The van der Waals surface area contributed by atoms with Crippen LogP contribution < -0.4 is 16.0 Å². The van der Waals surface area contributed by atoms with E-state index in [0.29, 0.717) is 17.7 Å². The normalized spacial score (nSPS) is 15.3. The number of methoxy groups -OCH3 is 1. The molecule has 0 unspecified atom stereocenters. The van der Waals surface area contributed by atoms with E-state index in [1.165, 1.54) is 22.9 Å². The van der Waals surface area contributed by atoms with E-state index in [9.17, 15) is 9.59 Å². The average Bonchev–Trinajstić information content (AvgIpc) is 3.29. The topological polar surface area (TPSA) is 77.5 Å². The average molecular weight is 487 g/mol. The van der Waals surface area contributed by atoms with Gasteiger partial charge < -0.3 is 19.1 Å². The van der Waals surface area contributed by atoms with Crippen molar-refractivity contribution in [3.05, 3.63) is 51.4 Å². The summed E-state index contributed by atoms with van der Waals surface area (Å²) in [5, 5.41) is 0. The van der Waals surface area contributed by atoms with Crippen molar-refractivity contribution in [3.63, 3.8) is 0 Å². The minimum absolute atomic E-state index is 0.283. The summed E-state index contributed by atoms with van der Waals surface area (Å²) in [6, 6.07) is 8.26. The van der Waals surface area contributed by atoms with E-state index in [4.69, 9.17) is 4.74 Å². The van der Waals surface area contributed by atoms with E-state index >= 15 is 0 Å². The van der Waals surface area contributed by atoms with Crippen LogP contribution in [-0.4, -0.2) is 80.6 Å². The lowest BCUT2D eigenvalue weighted by Crippen LogP contribution is -2.46. The van der Waals surface area contributed by atoms with Gasteiger partial charge in [0.2, 0.25) is 0 Å². The summed E-state index contributed by atoms with van der Waals surface area (Å²) in [5.41, 5.74) is 0.322. The third-order valence-corrected chi connectivity index (χ3v) is 7.60. The van der Waals surface area contributed by atoms with Gasteiger partial charge in [0.1, 0.15) is 5.75 Å². The number of rotatable bonds is 10. The largest absolute Gasteiger partial charge is 0.497 e. The molecule has 0 N–H and O–H groups in total. The van der Waals surface area contributed by atoms with Crippen molar-refractivity contribution in [2.75, 3.05) is 52.1 Å². The van der Waals surface area contributed by atoms with Crippen LogP contribution in [-0.2, 0) is 20.6 Å². The Hall–Kier alpha value is -2.56. The number of imidazole rings is 1. The molecule has 3 aromatic rings. The highest BCUT2D eigenvalue weighted by molar-refractivity contribution is 7.99. The van der Waals surface area contributed by atoms with Crippen molar-refractivity contribution < 1.29 is 4.74 Å². The Morgan fingerprint density at radius 1 is 0.912 bits per heavy atom. The maximum absolute atomic E-state index is 12.6. The number of fused-ring (bicyclic) bond motifs is 1. The Morgan fingerprint density at radius 3 is 2.21 bits per heavy atom. The van der Waals surface area contributed by atoms with Crippen molar-refractivity contribution in [1.29, 1.82) is 0 Å². The van der Waals surface area contributed by atoms with Gasteiger partial charge in [-0.1, -0.05) is 0 Å². The Labute approximate surface area is 203 Å². The number of aromatic nitrogens is 4. The summed E-state index contributed by atoms with van der Waals surface area (Å²) in [6.07, 6.45) is 3.80. The first-order chi connectivity index (χ1) is 16.5. The SMILES string of the molecule is COc1ccc(SCCCN2CCN(CCCn3cnc4c3c(=O)n(C)c(=O)n4C)CC2)cc1. The van der Waals surface area contributed by atoms with Crippen LogP contribution in [0.4, 0.5) is 0 Å². The second kappa shape index (κ2) is 11.2. The van der Waals surface area contributed by atoms with Gasteiger partial charge in [-0.2, -0.15) is 0 Å². The first kappa shape index (κ1) is 24.6. The molecule has 0 atom stereocenters. The molecule has 0 aliphatic carbocycles. The summed E-state index contributed by atoms with van der Waals surface area (Å²) in [6.45, 7) is 7.20. The zero-order chi connectivity index (χ0) is 24.1. The number of piperazine rings is 1. The van der Waals surface area contributed by atoms with Crippen molar-refractivity contribution >= 4 is 22.9 Å². The molecule has 0 radical (unpaired) electrons. The molecule has 1 saturated heterocycles. The predicted octanol–water partition coefficient (Wildman–Crippen LogP) is 1.63. The molecule has 0 saturated carbocycles. The minimum Gasteiger partial charge on any atom is -0.497 e. The molecule has 2 aromatic heterocycles. The molecular weight excluding hydrogens is 452 g/mol. The summed E-state index contributed by atoms with van der Waals surface area (Å²) < 4.78 is 9.68. The molecule has 184 valence electrons.